The Hall–Kier alpha value is -2.33. The van der Waals surface area contributed by atoms with Crippen LogP contribution in [0.1, 0.15) is 0 Å². The second kappa shape index (κ2) is 5.12. The number of nitrogens with zero attached hydrogens (tertiary/aromatic N) is 2. The van der Waals surface area contributed by atoms with Gasteiger partial charge in [0.15, 0.2) is 0 Å². The molecule has 3 rings (SSSR count). The highest BCUT2D eigenvalue weighted by molar-refractivity contribution is 7.71. The number of H-pyrrole nitrogens is 1. The molecule has 0 saturated carbocycles. The average Bonchev–Trinajstić information content (AvgIpc) is 2.48. The van der Waals surface area contributed by atoms with Gasteiger partial charge in [0.1, 0.15) is 10.5 Å². The Bertz CT molecular complexity index is 675. The first kappa shape index (κ1) is 11.7. The molecule has 0 amide bonds. The molecule has 0 aliphatic carbocycles. The van der Waals surface area contributed by atoms with Crippen LogP contribution in [-0.2, 0) is 0 Å². The van der Waals surface area contributed by atoms with Crippen LogP contribution in [0.4, 0.5) is 0 Å². The van der Waals surface area contributed by atoms with E-state index in [1.807, 2.05) is 48.5 Å². The number of aromatic amines is 1. The Labute approximate surface area is 116 Å². The number of hydrogen-bond acceptors (Lipinski definition) is 3. The van der Waals surface area contributed by atoms with E-state index < -0.39 is 0 Å². The van der Waals surface area contributed by atoms with Crippen molar-refractivity contribution in [3.8, 4) is 22.6 Å². The molecule has 0 atom stereocenters. The Kier molecular flexibility index (Phi) is 3.16. The van der Waals surface area contributed by atoms with Gasteiger partial charge in [-0.15, -0.1) is 0 Å². The van der Waals surface area contributed by atoms with E-state index in [-0.39, 0.29) is 0 Å². The van der Waals surface area contributed by atoms with Gasteiger partial charge >= 0.3 is 0 Å². The van der Waals surface area contributed by atoms with Gasteiger partial charge in [0.25, 0.3) is 0 Å². The molecule has 0 spiro atoms. The highest BCUT2D eigenvalue weighted by Crippen LogP contribution is 2.20. The number of pyridine rings is 1. The first-order valence-electron chi connectivity index (χ1n) is 5.90. The van der Waals surface area contributed by atoms with E-state index in [0.29, 0.717) is 4.64 Å². The molecule has 0 radical (unpaired) electrons. The lowest BCUT2D eigenvalue weighted by atomic mass is 10.1. The van der Waals surface area contributed by atoms with Crippen LogP contribution >= 0.6 is 12.2 Å². The van der Waals surface area contributed by atoms with Gasteiger partial charge < -0.3 is 4.98 Å². The van der Waals surface area contributed by atoms with Crippen LogP contribution < -0.4 is 0 Å². The molecule has 3 aromatic rings. The Morgan fingerprint density at radius 1 is 0.947 bits per heavy atom. The minimum Gasteiger partial charge on any atom is -0.339 e. The zero-order chi connectivity index (χ0) is 13.1. The van der Waals surface area contributed by atoms with Crippen LogP contribution in [0.5, 0.6) is 0 Å². The summed E-state index contributed by atoms with van der Waals surface area (Å²) in [7, 11) is 0. The summed E-state index contributed by atoms with van der Waals surface area (Å²) in [5.41, 5.74) is 2.96. The van der Waals surface area contributed by atoms with Crippen molar-refractivity contribution >= 4 is 12.2 Å². The minimum atomic E-state index is 0.566. The third-order valence-electron chi connectivity index (χ3n) is 2.76. The second-order valence-corrected chi connectivity index (χ2v) is 4.51. The molecule has 92 valence electrons. The molecule has 0 fully saturated rings. The highest BCUT2D eigenvalue weighted by Gasteiger charge is 2.03. The summed E-state index contributed by atoms with van der Waals surface area (Å²) in [5.74, 6) is 0.736. The topological polar surface area (TPSA) is 41.6 Å². The standard InChI is InChI=1S/C15H11N3S/c19-14-9-13(11-5-2-1-3-6-11)17-15(18-14)12-7-4-8-16-10-12/h1-10H,(H,17,18,19). The van der Waals surface area contributed by atoms with E-state index in [9.17, 15) is 0 Å². The number of aromatic nitrogens is 3. The lowest BCUT2D eigenvalue weighted by Crippen LogP contribution is -1.93. The second-order valence-electron chi connectivity index (χ2n) is 4.09. The molecule has 2 aromatic heterocycles. The molecule has 19 heavy (non-hydrogen) atoms. The Morgan fingerprint density at radius 3 is 2.47 bits per heavy atom. The average molecular weight is 265 g/mol. The Morgan fingerprint density at radius 2 is 1.74 bits per heavy atom. The van der Waals surface area contributed by atoms with E-state index in [1.54, 1.807) is 12.4 Å². The molecule has 1 aromatic carbocycles. The van der Waals surface area contributed by atoms with Crippen molar-refractivity contribution in [3.05, 3.63) is 65.6 Å². The first-order chi connectivity index (χ1) is 9.33. The maximum absolute atomic E-state index is 5.24. The van der Waals surface area contributed by atoms with E-state index >= 15 is 0 Å². The Balaban J connectivity index is 2.15. The molecule has 1 N–H and O–H groups in total. The van der Waals surface area contributed by atoms with Crippen molar-refractivity contribution in [3.63, 3.8) is 0 Å². The number of hydrogen-bond donors (Lipinski definition) is 1. The van der Waals surface area contributed by atoms with E-state index in [2.05, 4.69) is 15.0 Å². The van der Waals surface area contributed by atoms with Crippen molar-refractivity contribution in [1.29, 1.82) is 0 Å². The number of benzene rings is 1. The van der Waals surface area contributed by atoms with Gasteiger partial charge in [0, 0.05) is 23.7 Å². The van der Waals surface area contributed by atoms with E-state index in [1.165, 1.54) is 0 Å². The van der Waals surface area contributed by atoms with Gasteiger partial charge in [-0.2, -0.15) is 0 Å². The van der Waals surface area contributed by atoms with Crippen LogP contribution in [0.25, 0.3) is 22.6 Å². The van der Waals surface area contributed by atoms with Crippen molar-refractivity contribution in [2.75, 3.05) is 0 Å². The van der Waals surface area contributed by atoms with Crippen molar-refractivity contribution in [2.45, 2.75) is 0 Å². The molecule has 2 heterocycles. The maximum atomic E-state index is 5.24. The smallest absolute Gasteiger partial charge is 0.140 e. The lowest BCUT2D eigenvalue weighted by molar-refractivity contribution is 1.15. The lowest BCUT2D eigenvalue weighted by Gasteiger charge is -2.05. The van der Waals surface area contributed by atoms with Crippen LogP contribution in [0.2, 0.25) is 0 Å². The van der Waals surface area contributed by atoms with Crippen LogP contribution in [0, 0.1) is 4.64 Å². The van der Waals surface area contributed by atoms with Gasteiger partial charge in [-0.1, -0.05) is 42.5 Å². The van der Waals surface area contributed by atoms with Crippen molar-refractivity contribution in [2.24, 2.45) is 0 Å². The van der Waals surface area contributed by atoms with E-state index in [0.717, 1.165) is 22.6 Å². The normalized spacial score (nSPS) is 10.3. The van der Waals surface area contributed by atoms with Crippen molar-refractivity contribution in [1.82, 2.24) is 15.0 Å². The van der Waals surface area contributed by atoms with Gasteiger partial charge in [-0.3, -0.25) is 4.98 Å². The third-order valence-corrected chi connectivity index (χ3v) is 2.97. The summed E-state index contributed by atoms with van der Waals surface area (Å²) in [5, 5.41) is 0. The van der Waals surface area contributed by atoms with E-state index in [4.69, 9.17) is 12.2 Å². The molecule has 0 bridgehead atoms. The summed E-state index contributed by atoms with van der Waals surface area (Å²) in [6, 6.07) is 15.7. The fourth-order valence-corrected chi connectivity index (χ4v) is 2.08. The van der Waals surface area contributed by atoms with Gasteiger partial charge in [0.05, 0.1) is 0 Å². The molecular formula is C15H11N3S. The fourth-order valence-electron chi connectivity index (χ4n) is 1.87. The molecular weight excluding hydrogens is 254 g/mol. The summed E-state index contributed by atoms with van der Waals surface area (Å²) >= 11 is 5.24. The van der Waals surface area contributed by atoms with Crippen LogP contribution in [0.15, 0.2) is 60.9 Å². The monoisotopic (exact) mass is 265 g/mol. The third kappa shape index (κ3) is 2.58. The van der Waals surface area contributed by atoms with Crippen molar-refractivity contribution < 1.29 is 0 Å². The quantitative estimate of drug-likeness (QED) is 0.715. The van der Waals surface area contributed by atoms with Gasteiger partial charge in [-0.25, -0.2) is 4.98 Å². The number of rotatable bonds is 2. The number of nitrogens with one attached hydrogen (secondary N) is 1. The zero-order valence-corrected chi connectivity index (χ0v) is 10.9. The summed E-state index contributed by atoms with van der Waals surface area (Å²) in [4.78, 5) is 11.7. The van der Waals surface area contributed by atoms with Crippen LogP contribution in [0.3, 0.4) is 0 Å². The molecule has 0 aliphatic heterocycles. The summed E-state index contributed by atoms with van der Waals surface area (Å²) in [6.45, 7) is 0. The van der Waals surface area contributed by atoms with Gasteiger partial charge in [0.2, 0.25) is 0 Å². The van der Waals surface area contributed by atoms with Gasteiger partial charge in [-0.05, 0) is 23.8 Å². The highest BCUT2D eigenvalue weighted by atomic mass is 32.1. The molecule has 3 nitrogen and oxygen atoms in total. The fraction of sp³-hybridized carbons (Fsp3) is 0. The predicted molar refractivity (Wildman–Crippen MR) is 78.1 cm³/mol. The first-order valence-corrected chi connectivity index (χ1v) is 6.31. The molecule has 0 aliphatic rings. The van der Waals surface area contributed by atoms with Crippen LogP contribution in [-0.4, -0.2) is 15.0 Å². The largest absolute Gasteiger partial charge is 0.339 e. The predicted octanol–water partition coefficient (Wildman–Crippen LogP) is 3.87. The molecule has 0 saturated heterocycles. The SMILES string of the molecule is S=c1cc(-c2ccccc2)[nH]c(-c2cccnc2)n1. The molecule has 0 unspecified atom stereocenters. The summed E-state index contributed by atoms with van der Waals surface area (Å²) in [6.07, 6.45) is 3.50. The summed E-state index contributed by atoms with van der Waals surface area (Å²) < 4.78 is 0.566. The maximum Gasteiger partial charge on any atom is 0.140 e. The molecule has 4 heteroatoms. The zero-order valence-electron chi connectivity index (χ0n) is 10.1. The minimum absolute atomic E-state index is 0.566.